The molecule has 8 heteroatoms. The highest BCUT2D eigenvalue weighted by atomic mass is 16.6. The van der Waals surface area contributed by atoms with Gasteiger partial charge in [-0.1, -0.05) is 34.1 Å². The number of hydrogen-bond acceptors (Lipinski definition) is 5. The minimum absolute atomic E-state index is 0.244. The summed E-state index contributed by atoms with van der Waals surface area (Å²) in [6.07, 6.45) is -0.386. The number of nitrogens with one attached hydrogen (secondary N) is 2. The molecule has 0 aliphatic heterocycles. The zero-order valence-corrected chi connectivity index (χ0v) is 14.8. The quantitative estimate of drug-likeness (QED) is 0.481. The van der Waals surface area contributed by atoms with Crippen LogP contribution in [0.1, 0.15) is 47.0 Å². The molecule has 0 spiro atoms. The van der Waals surface area contributed by atoms with Crippen LogP contribution in [0.5, 0.6) is 0 Å². The lowest BCUT2D eigenvalue weighted by atomic mass is 9.85. The van der Waals surface area contributed by atoms with Gasteiger partial charge >= 0.3 is 6.09 Å². The van der Waals surface area contributed by atoms with Gasteiger partial charge in [0.15, 0.2) is 6.10 Å². The van der Waals surface area contributed by atoms with Crippen LogP contribution in [0.3, 0.4) is 0 Å². The van der Waals surface area contributed by atoms with Gasteiger partial charge in [-0.15, -0.1) is 0 Å². The summed E-state index contributed by atoms with van der Waals surface area (Å²) in [4.78, 5) is 37.3. The second-order valence-electron chi connectivity index (χ2n) is 6.69. The number of hydrogen-bond donors (Lipinski definition) is 3. The van der Waals surface area contributed by atoms with Gasteiger partial charge in [0, 0.05) is 14.1 Å². The van der Waals surface area contributed by atoms with Crippen molar-refractivity contribution in [2.75, 3.05) is 14.1 Å². The molecule has 23 heavy (non-hydrogen) atoms. The first-order valence-corrected chi connectivity index (χ1v) is 7.66. The van der Waals surface area contributed by atoms with E-state index in [0.717, 1.165) is 6.42 Å². The van der Waals surface area contributed by atoms with Crippen LogP contribution in [0.4, 0.5) is 4.79 Å². The molecule has 0 aromatic rings. The van der Waals surface area contributed by atoms with Gasteiger partial charge in [-0.2, -0.15) is 0 Å². The smallest absolute Gasteiger partial charge is 0.431 e. The molecule has 0 aliphatic rings. The summed E-state index contributed by atoms with van der Waals surface area (Å²) < 4.78 is 4.88. The van der Waals surface area contributed by atoms with E-state index in [2.05, 4.69) is 5.32 Å². The molecule has 0 bridgehead atoms. The third kappa shape index (κ3) is 7.32. The van der Waals surface area contributed by atoms with Crippen molar-refractivity contribution in [2.24, 2.45) is 5.41 Å². The van der Waals surface area contributed by atoms with Crippen LogP contribution in [0.15, 0.2) is 0 Å². The lowest BCUT2D eigenvalue weighted by molar-refractivity contribution is -0.140. The van der Waals surface area contributed by atoms with Gasteiger partial charge in [0.1, 0.15) is 6.04 Å². The summed E-state index contributed by atoms with van der Waals surface area (Å²) in [7, 11) is 3.22. The molecule has 0 fully saturated rings. The van der Waals surface area contributed by atoms with E-state index in [1.165, 1.54) is 10.4 Å². The van der Waals surface area contributed by atoms with Gasteiger partial charge in [0.25, 0.3) is 5.91 Å². The number of rotatable bonds is 7. The highest BCUT2D eigenvalue weighted by molar-refractivity contribution is 5.90. The van der Waals surface area contributed by atoms with Crippen molar-refractivity contribution >= 4 is 17.9 Å². The SMILES string of the molecule is CCCCC(OC(=O)NO)C(=O)N[C@H](C(=O)N(C)C)C(C)(C)C. The Labute approximate surface area is 137 Å². The molecule has 0 aromatic carbocycles. The topological polar surface area (TPSA) is 108 Å². The number of hydroxylamine groups is 1. The Hall–Kier alpha value is -1.83. The summed E-state index contributed by atoms with van der Waals surface area (Å²) >= 11 is 0. The minimum atomic E-state index is -1.10. The lowest BCUT2D eigenvalue weighted by Gasteiger charge is -2.33. The van der Waals surface area contributed by atoms with E-state index in [-0.39, 0.29) is 5.91 Å². The minimum Gasteiger partial charge on any atom is -0.435 e. The molecule has 3 amide bonds. The molecule has 3 N–H and O–H groups in total. The van der Waals surface area contributed by atoms with E-state index in [1.807, 2.05) is 27.7 Å². The largest absolute Gasteiger partial charge is 0.435 e. The zero-order chi connectivity index (χ0) is 18.2. The van der Waals surface area contributed by atoms with Crippen LogP contribution < -0.4 is 10.8 Å². The standard InChI is InChI=1S/C15H29N3O5/c1-7-8-9-10(23-14(21)17-22)12(19)16-11(15(2,3)4)13(20)18(5)6/h10-11,22H,7-9H2,1-6H3,(H,16,19)(H,17,21)/t10?,11-/m1/s1. The lowest BCUT2D eigenvalue weighted by Crippen LogP contribution is -2.55. The molecule has 0 aromatic heterocycles. The van der Waals surface area contributed by atoms with Crippen molar-refractivity contribution in [3.63, 3.8) is 0 Å². The van der Waals surface area contributed by atoms with Crippen molar-refractivity contribution in [1.82, 2.24) is 15.7 Å². The Kier molecular flexibility index (Phi) is 8.60. The highest BCUT2D eigenvalue weighted by Crippen LogP contribution is 2.21. The molecule has 1 unspecified atom stereocenters. The summed E-state index contributed by atoms with van der Waals surface area (Å²) in [5.41, 5.74) is 0.827. The molecule has 0 aliphatic carbocycles. The zero-order valence-electron chi connectivity index (χ0n) is 14.8. The van der Waals surface area contributed by atoms with Crippen LogP contribution in [-0.2, 0) is 14.3 Å². The molecular weight excluding hydrogens is 302 g/mol. The van der Waals surface area contributed by atoms with E-state index in [9.17, 15) is 14.4 Å². The molecule has 0 radical (unpaired) electrons. The molecule has 0 rings (SSSR count). The maximum atomic E-state index is 12.4. The average Bonchev–Trinajstić information content (AvgIpc) is 2.46. The molecular formula is C15H29N3O5. The van der Waals surface area contributed by atoms with Crippen molar-refractivity contribution in [3.8, 4) is 0 Å². The molecule has 0 saturated heterocycles. The fraction of sp³-hybridized carbons (Fsp3) is 0.800. The van der Waals surface area contributed by atoms with Gasteiger partial charge in [0.05, 0.1) is 0 Å². The van der Waals surface area contributed by atoms with Gasteiger partial charge < -0.3 is 15.0 Å². The first-order chi connectivity index (χ1) is 10.5. The van der Waals surface area contributed by atoms with Crippen LogP contribution in [0.25, 0.3) is 0 Å². The number of likely N-dealkylation sites (N-methyl/N-ethyl adjacent to an activating group) is 1. The average molecular weight is 331 g/mol. The van der Waals surface area contributed by atoms with E-state index in [1.54, 1.807) is 14.1 Å². The predicted molar refractivity (Wildman–Crippen MR) is 84.8 cm³/mol. The Morgan fingerprint density at radius 1 is 1.22 bits per heavy atom. The highest BCUT2D eigenvalue weighted by Gasteiger charge is 2.36. The summed E-state index contributed by atoms with van der Waals surface area (Å²) in [6, 6.07) is -0.755. The van der Waals surface area contributed by atoms with Gasteiger partial charge in [-0.05, 0) is 18.3 Å². The Balaban J connectivity index is 5.15. The van der Waals surface area contributed by atoms with Crippen molar-refractivity contribution in [1.29, 1.82) is 0 Å². The number of unbranched alkanes of at least 4 members (excludes halogenated alkanes) is 1. The second kappa shape index (κ2) is 9.34. The van der Waals surface area contributed by atoms with E-state index in [4.69, 9.17) is 9.94 Å². The Morgan fingerprint density at radius 3 is 2.17 bits per heavy atom. The van der Waals surface area contributed by atoms with Crippen molar-refractivity contribution in [3.05, 3.63) is 0 Å². The van der Waals surface area contributed by atoms with Crippen molar-refractivity contribution < 1.29 is 24.3 Å². The van der Waals surface area contributed by atoms with Crippen LogP contribution in [0.2, 0.25) is 0 Å². The summed E-state index contributed by atoms with van der Waals surface area (Å²) in [6.45, 7) is 7.44. The monoisotopic (exact) mass is 331 g/mol. The molecule has 2 atom stereocenters. The second-order valence-corrected chi connectivity index (χ2v) is 6.69. The number of carbonyl (C=O) groups excluding carboxylic acids is 3. The van der Waals surface area contributed by atoms with E-state index >= 15 is 0 Å². The fourth-order valence-electron chi connectivity index (χ4n) is 1.93. The van der Waals surface area contributed by atoms with E-state index < -0.39 is 29.6 Å². The Morgan fingerprint density at radius 2 is 1.78 bits per heavy atom. The normalized spacial score (nSPS) is 13.7. The third-order valence-corrected chi connectivity index (χ3v) is 3.29. The molecule has 134 valence electrons. The van der Waals surface area contributed by atoms with Gasteiger partial charge in [-0.25, -0.2) is 10.3 Å². The maximum absolute atomic E-state index is 12.4. The van der Waals surface area contributed by atoms with Gasteiger partial charge in [-0.3, -0.25) is 14.8 Å². The number of amides is 3. The Bertz CT molecular complexity index is 418. The first kappa shape index (κ1) is 21.2. The van der Waals surface area contributed by atoms with Crippen LogP contribution in [-0.4, -0.2) is 54.3 Å². The fourth-order valence-corrected chi connectivity index (χ4v) is 1.93. The van der Waals surface area contributed by atoms with E-state index in [0.29, 0.717) is 12.8 Å². The molecule has 0 heterocycles. The van der Waals surface area contributed by atoms with Crippen LogP contribution in [0, 0.1) is 5.41 Å². The summed E-state index contributed by atoms with van der Waals surface area (Å²) in [5.74, 6) is -0.802. The summed E-state index contributed by atoms with van der Waals surface area (Å²) in [5, 5.41) is 11.2. The number of carbonyl (C=O) groups is 3. The maximum Gasteiger partial charge on any atom is 0.431 e. The van der Waals surface area contributed by atoms with Crippen LogP contribution >= 0.6 is 0 Å². The third-order valence-electron chi connectivity index (χ3n) is 3.29. The number of nitrogens with zero attached hydrogens (tertiary/aromatic N) is 1. The molecule has 0 saturated carbocycles. The van der Waals surface area contributed by atoms with Crippen molar-refractivity contribution in [2.45, 2.75) is 59.1 Å². The van der Waals surface area contributed by atoms with Gasteiger partial charge in [0.2, 0.25) is 5.91 Å². The molecule has 8 nitrogen and oxygen atoms in total. The number of ether oxygens (including phenoxy) is 1. The predicted octanol–water partition coefficient (Wildman–Crippen LogP) is 1.28. The first-order valence-electron chi connectivity index (χ1n) is 7.66.